The molecule has 1 aromatic rings. The van der Waals surface area contributed by atoms with Crippen molar-refractivity contribution >= 4 is 19.3 Å². The van der Waals surface area contributed by atoms with E-state index >= 15 is 0 Å². The summed E-state index contributed by atoms with van der Waals surface area (Å²) in [6.07, 6.45) is 0.182. The third-order valence-electron chi connectivity index (χ3n) is 1.83. The second-order valence-electron chi connectivity index (χ2n) is 2.91. The Bertz CT molecular complexity index is 357. The molecule has 1 rings (SSSR count). The summed E-state index contributed by atoms with van der Waals surface area (Å²) in [7, 11) is 5.35. The quantitative estimate of drug-likeness (QED) is 0.313. The summed E-state index contributed by atoms with van der Waals surface area (Å²) in [5.41, 5.74) is 0.808. The van der Waals surface area contributed by atoms with E-state index in [1.807, 2.05) is 0 Å². The van der Waals surface area contributed by atoms with Crippen LogP contribution < -0.4 is 0 Å². The first-order valence-corrected chi connectivity index (χ1v) is 4.04. The van der Waals surface area contributed by atoms with Gasteiger partial charge in [0.1, 0.15) is 0 Å². The molecule has 4 nitrogen and oxygen atoms in total. The molecule has 0 aliphatic carbocycles. The van der Waals surface area contributed by atoms with Crippen LogP contribution >= 0.6 is 0 Å². The van der Waals surface area contributed by atoms with Gasteiger partial charge in [-0.1, -0.05) is 6.32 Å². The van der Waals surface area contributed by atoms with Crippen LogP contribution in [-0.2, 0) is 6.32 Å². The Morgan fingerprint density at radius 1 is 1.50 bits per heavy atom. The number of hydrogen-bond donors (Lipinski definition) is 0. The molecule has 0 bridgehead atoms. The highest BCUT2D eigenvalue weighted by atomic mass is 16.6. The van der Waals surface area contributed by atoms with Gasteiger partial charge in [0, 0.05) is 17.7 Å². The minimum atomic E-state index is -0.536. The van der Waals surface area contributed by atoms with Gasteiger partial charge in [0.05, 0.1) is 12.8 Å². The molecule has 1 aromatic carbocycles. The molecule has 0 aliphatic rings. The van der Waals surface area contributed by atoms with Gasteiger partial charge in [0.25, 0.3) is 5.69 Å². The van der Waals surface area contributed by atoms with Crippen LogP contribution in [-0.4, -0.2) is 18.6 Å². The van der Waals surface area contributed by atoms with Gasteiger partial charge in [-0.25, -0.2) is 0 Å². The maximum atomic E-state index is 11.0. The Balaban J connectivity index is 3.27. The van der Waals surface area contributed by atoms with Gasteiger partial charge >= 0.3 is 0 Å². The smallest absolute Gasteiger partial charge is 0.270 e. The summed E-state index contributed by atoms with van der Waals surface area (Å²) < 4.78 is 0. The zero-order valence-corrected chi connectivity index (χ0v) is 7.69. The Kier molecular flexibility index (Phi) is 3.01. The predicted octanol–water partition coefficient (Wildman–Crippen LogP) is 1.47. The molecule has 14 heavy (non-hydrogen) atoms. The lowest BCUT2D eigenvalue weighted by atomic mass is 9.94. The van der Waals surface area contributed by atoms with E-state index < -0.39 is 4.92 Å². The lowest BCUT2D eigenvalue weighted by Gasteiger charge is -2.00. The average Bonchev–Trinajstić information content (AvgIpc) is 2.16. The van der Waals surface area contributed by atoms with Crippen LogP contribution in [0, 0.1) is 10.1 Å². The molecule has 0 aromatic heterocycles. The van der Waals surface area contributed by atoms with Crippen LogP contribution in [0.2, 0.25) is 0 Å². The molecule has 0 unspecified atom stereocenters. The van der Waals surface area contributed by atoms with Crippen molar-refractivity contribution in [2.75, 3.05) is 0 Å². The molecule has 70 valence electrons. The van der Waals surface area contributed by atoms with Crippen molar-refractivity contribution in [1.82, 2.24) is 0 Å². The normalized spacial score (nSPS) is 9.79. The Hall–Kier alpha value is -1.65. The van der Waals surface area contributed by atoms with Gasteiger partial charge < -0.3 is 0 Å². The number of nitrogens with zero attached hydrogens (tertiary/aromatic N) is 1. The fourth-order valence-corrected chi connectivity index (χ4v) is 1.10. The fraction of sp³-hybridized carbons (Fsp3) is 0.222. The zero-order chi connectivity index (χ0) is 10.7. The number of Topliss-reactive ketones (excluding diaryl/α,β-unsaturated/α-hetero) is 1. The topological polar surface area (TPSA) is 60.2 Å². The lowest BCUT2D eigenvalue weighted by Crippen LogP contribution is -1.98. The predicted molar refractivity (Wildman–Crippen MR) is 52.6 cm³/mol. The van der Waals surface area contributed by atoms with E-state index in [9.17, 15) is 14.9 Å². The van der Waals surface area contributed by atoms with Crippen LogP contribution in [0.1, 0.15) is 22.8 Å². The number of nitro benzene ring substituents is 1. The highest BCUT2D eigenvalue weighted by Gasteiger charge is 2.10. The number of hydrogen-bond acceptors (Lipinski definition) is 3. The van der Waals surface area contributed by atoms with Crippen LogP contribution in [0.25, 0.3) is 0 Å². The molecule has 0 aliphatic heterocycles. The van der Waals surface area contributed by atoms with Gasteiger partial charge in [-0.3, -0.25) is 14.9 Å². The molecule has 5 heteroatoms. The van der Waals surface area contributed by atoms with Crippen molar-refractivity contribution in [3.63, 3.8) is 0 Å². The summed E-state index contributed by atoms with van der Waals surface area (Å²) in [6, 6.07) is 4.18. The maximum absolute atomic E-state index is 11.0. The Labute approximate surface area is 82.5 Å². The van der Waals surface area contributed by atoms with Gasteiger partial charge in [0.15, 0.2) is 5.78 Å². The van der Waals surface area contributed by atoms with E-state index in [2.05, 4.69) is 0 Å². The summed E-state index contributed by atoms with van der Waals surface area (Å²) in [6.45, 7) is 1.36. The number of non-ortho nitro benzene ring substituents is 1. The molecular weight excluding hydrogens is 181 g/mol. The van der Waals surface area contributed by atoms with Crippen molar-refractivity contribution in [3.8, 4) is 0 Å². The molecule has 0 N–H and O–H groups in total. The Morgan fingerprint density at radius 3 is 2.57 bits per heavy atom. The van der Waals surface area contributed by atoms with E-state index in [0.717, 1.165) is 0 Å². The molecule has 0 saturated carbocycles. The minimum Gasteiger partial charge on any atom is -0.295 e. The van der Waals surface area contributed by atoms with E-state index in [1.165, 1.54) is 19.1 Å². The van der Waals surface area contributed by atoms with Crippen molar-refractivity contribution in [3.05, 3.63) is 39.4 Å². The number of benzene rings is 1. The van der Waals surface area contributed by atoms with Crippen LogP contribution in [0.5, 0.6) is 0 Å². The Morgan fingerprint density at radius 2 is 2.14 bits per heavy atom. The largest absolute Gasteiger partial charge is 0.295 e. The van der Waals surface area contributed by atoms with E-state index in [1.54, 1.807) is 6.07 Å². The molecule has 0 amide bonds. The second kappa shape index (κ2) is 4.04. The van der Waals surface area contributed by atoms with Crippen molar-refractivity contribution in [2.24, 2.45) is 0 Å². The van der Waals surface area contributed by atoms with Crippen LogP contribution in [0.4, 0.5) is 5.69 Å². The van der Waals surface area contributed by atoms with Gasteiger partial charge in [0.2, 0.25) is 0 Å². The summed E-state index contributed by atoms with van der Waals surface area (Å²) >= 11 is 0. The van der Waals surface area contributed by atoms with Gasteiger partial charge in [-0.2, -0.15) is 0 Å². The van der Waals surface area contributed by atoms with Crippen molar-refractivity contribution in [1.29, 1.82) is 0 Å². The monoisotopic (exact) mass is 189 g/mol. The minimum absolute atomic E-state index is 0.0989. The summed E-state index contributed by atoms with van der Waals surface area (Å²) in [4.78, 5) is 21.0. The molecule has 0 atom stereocenters. The standard InChI is InChI=1S/C9H8BNO3/c1-6(12)8-2-7(5-10)3-9(4-8)11(13)14/h2-4H,5H2,1H3. The molecule has 0 heterocycles. The molecule has 0 fully saturated rings. The number of carbonyl (C=O) groups excluding carboxylic acids is 1. The van der Waals surface area contributed by atoms with Gasteiger partial charge in [-0.05, 0) is 18.6 Å². The summed E-state index contributed by atoms with van der Waals surface area (Å²) in [5, 5.41) is 10.5. The average molecular weight is 189 g/mol. The first-order chi connectivity index (χ1) is 6.54. The fourth-order valence-electron chi connectivity index (χ4n) is 1.10. The highest BCUT2D eigenvalue weighted by Crippen LogP contribution is 2.17. The molecular formula is C9H8BNO3. The first kappa shape index (κ1) is 10.4. The first-order valence-electron chi connectivity index (χ1n) is 4.04. The number of nitro groups is 1. The zero-order valence-electron chi connectivity index (χ0n) is 7.69. The van der Waals surface area contributed by atoms with E-state index in [4.69, 9.17) is 7.85 Å². The third kappa shape index (κ3) is 2.19. The number of carbonyl (C=O) groups is 1. The lowest BCUT2D eigenvalue weighted by molar-refractivity contribution is -0.384. The van der Waals surface area contributed by atoms with E-state index in [0.29, 0.717) is 11.1 Å². The molecule has 2 radical (unpaired) electrons. The highest BCUT2D eigenvalue weighted by molar-refractivity contribution is 6.08. The SMILES string of the molecule is [B]Cc1cc(C(C)=O)cc([N+](=O)[O-])c1. The molecule has 0 spiro atoms. The van der Waals surface area contributed by atoms with Gasteiger partial charge in [-0.15, -0.1) is 0 Å². The number of ketones is 1. The maximum Gasteiger partial charge on any atom is 0.270 e. The van der Waals surface area contributed by atoms with Crippen molar-refractivity contribution in [2.45, 2.75) is 13.2 Å². The molecule has 0 saturated heterocycles. The third-order valence-corrected chi connectivity index (χ3v) is 1.83. The van der Waals surface area contributed by atoms with Crippen LogP contribution in [0.15, 0.2) is 18.2 Å². The van der Waals surface area contributed by atoms with E-state index in [-0.39, 0.29) is 17.8 Å². The number of rotatable bonds is 3. The van der Waals surface area contributed by atoms with Crippen LogP contribution in [0.3, 0.4) is 0 Å². The van der Waals surface area contributed by atoms with Crippen molar-refractivity contribution < 1.29 is 9.72 Å². The second-order valence-corrected chi connectivity index (χ2v) is 2.91. The summed E-state index contributed by atoms with van der Waals surface area (Å²) in [5.74, 6) is -0.205.